The first-order chi connectivity index (χ1) is 8.20. The van der Waals surface area contributed by atoms with E-state index in [0.29, 0.717) is 12.3 Å². The molecular formula is C12H10BrFN2O. The molecule has 0 amide bonds. The van der Waals surface area contributed by atoms with E-state index in [1.807, 2.05) is 0 Å². The van der Waals surface area contributed by atoms with Crippen LogP contribution in [0.4, 0.5) is 4.39 Å². The molecule has 0 aliphatic heterocycles. The Labute approximate surface area is 107 Å². The summed E-state index contributed by atoms with van der Waals surface area (Å²) >= 11 is 3.26. The largest absolute Gasteiger partial charge is 0.452 e. The molecule has 0 radical (unpaired) electrons. The van der Waals surface area contributed by atoms with Gasteiger partial charge in [-0.2, -0.15) is 0 Å². The maximum absolute atomic E-state index is 13.5. The summed E-state index contributed by atoms with van der Waals surface area (Å²) in [6.45, 7) is 0.313. The Bertz CT molecular complexity index is 534. The number of pyridine rings is 1. The van der Waals surface area contributed by atoms with E-state index in [1.165, 1.54) is 12.3 Å². The molecule has 2 aromatic rings. The van der Waals surface area contributed by atoms with Crippen molar-refractivity contribution in [1.29, 1.82) is 0 Å². The fraction of sp³-hybridized carbons (Fsp3) is 0.0833. The number of nitrogens with two attached hydrogens (primary N) is 1. The topological polar surface area (TPSA) is 48.1 Å². The maximum atomic E-state index is 13.5. The van der Waals surface area contributed by atoms with Gasteiger partial charge in [0.2, 0.25) is 0 Å². The molecule has 2 N–H and O–H groups in total. The van der Waals surface area contributed by atoms with Crippen LogP contribution in [0.3, 0.4) is 0 Å². The molecule has 0 aliphatic rings. The second-order valence-corrected chi connectivity index (χ2v) is 4.28. The van der Waals surface area contributed by atoms with Gasteiger partial charge >= 0.3 is 0 Å². The molecule has 0 aliphatic carbocycles. The molecule has 0 saturated carbocycles. The number of hydrogen-bond donors (Lipinski definition) is 1. The fourth-order valence-corrected chi connectivity index (χ4v) is 1.68. The van der Waals surface area contributed by atoms with Crippen LogP contribution in [0, 0.1) is 5.82 Å². The number of benzene rings is 1. The highest BCUT2D eigenvalue weighted by molar-refractivity contribution is 9.10. The van der Waals surface area contributed by atoms with Crippen LogP contribution in [0.1, 0.15) is 5.56 Å². The lowest BCUT2D eigenvalue weighted by Crippen LogP contribution is -2.00. The second kappa shape index (κ2) is 5.25. The number of halogens is 2. The average Bonchev–Trinajstić information content (AvgIpc) is 2.34. The van der Waals surface area contributed by atoms with Crippen molar-refractivity contribution >= 4 is 15.9 Å². The van der Waals surface area contributed by atoms with Crippen molar-refractivity contribution in [2.75, 3.05) is 0 Å². The van der Waals surface area contributed by atoms with Crippen molar-refractivity contribution < 1.29 is 9.13 Å². The highest BCUT2D eigenvalue weighted by atomic mass is 79.9. The van der Waals surface area contributed by atoms with Crippen LogP contribution in [-0.2, 0) is 6.54 Å². The van der Waals surface area contributed by atoms with Crippen molar-refractivity contribution in [3.8, 4) is 11.5 Å². The number of nitrogens with zero attached hydrogens (tertiary/aromatic N) is 1. The molecule has 2 rings (SSSR count). The van der Waals surface area contributed by atoms with E-state index in [1.54, 1.807) is 24.4 Å². The molecule has 0 saturated heterocycles. The molecular weight excluding hydrogens is 287 g/mol. The van der Waals surface area contributed by atoms with Crippen molar-refractivity contribution in [3.05, 3.63) is 52.5 Å². The highest BCUT2D eigenvalue weighted by Crippen LogP contribution is 2.28. The third-order valence-corrected chi connectivity index (χ3v) is 2.70. The summed E-state index contributed by atoms with van der Waals surface area (Å²) in [5, 5.41) is 0. The third-order valence-electron chi connectivity index (χ3n) is 2.20. The molecule has 0 spiro atoms. The van der Waals surface area contributed by atoms with Gasteiger partial charge < -0.3 is 10.5 Å². The zero-order valence-electron chi connectivity index (χ0n) is 8.86. The molecule has 3 nitrogen and oxygen atoms in total. The minimum absolute atomic E-state index is 0.141. The lowest BCUT2D eigenvalue weighted by atomic mass is 10.2. The molecule has 0 unspecified atom stereocenters. The summed E-state index contributed by atoms with van der Waals surface area (Å²) in [6, 6.07) is 6.24. The van der Waals surface area contributed by atoms with E-state index < -0.39 is 5.82 Å². The van der Waals surface area contributed by atoms with Gasteiger partial charge in [0.1, 0.15) is 5.75 Å². The number of hydrogen-bond acceptors (Lipinski definition) is 3. The van der Waals surface area contributed by atoms with E-state index in [-0.39, 0.29) is 5.75 Å². The smallest absolute Gasteiger partial charge is 0.165 e. The number of rotatable bonds is 3. The molecule has 1 aromatic heterocycles. The third kappa shape index (κ3) is 2.81. The summed E-state index contributed by atoms with van der Waals surface area (Å²) < 4.78 is 19.7. The summed E-state index contributed by atoms with van der Waals surface area (Å²) in [6.07, 6.45) is 3.13. The van der Waals surface area contributed by atoms with Crippen LogP contribution >= 0.6 is 15.9 Å². The Morgan fingerprint density at radius 2 is 2.12 bits per heavy atom. The molecule has 88 valence electrons. The summed E-state index contributed by atoms with van der Waals surface area (Å²) in [7, 11) is 0. The Kier molecular flexibility index (Phi) is 3.71. The first kappa shape index (κ1) is 12.0. The minimum atomic E-state index is -0.431. The van der Waals surface area contributed by atoms with Gasteiger partial charge in [-0.1, -0.05) is 15.9 Å². The maximum Gasteiger partial charge on any atom is 0.165 e. The van der Waals surface area contributed by atoms with Crippen LogP contribution in [-0.4, -0.2) is 4.98 Å². The molecule has 0 atom stereocenters. The molecule has 1 heterocycles. The SMILES string of the molecule is NCc1ccncc1Oc1cc(Br)ccc1F. The monoisotopic (exact) mass is 296 g/mol. The summed E-state index contributed by atoms with van der Waals surface area (Å²) in [5.74, 6) is 0.175. The first-order valence-corrected chi connectivity index (χ1v) is 5.76. The van der Waals surface area contributed by atoms with Gasteiger partial charge in [-0.15, -0.1) is 0 Å². The minimum Gasteiger partial charge on any atom is -0.452 e. The zero-order chi connectivity index (χ0) is 12.3. The van der Waals surface area contributed by atoms with Crippen molar-refractivity contribution in [3.63, 3.8) is 0 Å². The van der Waals surface area contributed by atoms with Crippen molar-refractivity contribution in [2.45, 2.75) is 6.54 Å². The van der Waals surface area contributed by atoms with Crippen LogP contribution in [0.15, 0.2) is 41.1 Å². The van der Waals surface area contributed by atoms with Gasteiger partial charge in [-0.05, 0) is 24.3 Å². The Balaban J connectivity index is 2.34. The number of ether oxygens (including phenoxy) is 1. The Morgan fingerprint density at radius 1 is 1.29 bits per heavy atom. The van der Waals surface area contributed by atoms with Crippen molar-refractivity contribution in [2.24, 2.45) is 5.73 Å². The summed E-state index contributed by atoms with van der Waals surface area (Å²) in [5.41, 5.74) is 6.34. The molecule has 5 heteroatoms. The molecule has 0 fully saturated rings. The van der Waals surface area contributed by atoms with Crippen LogP contribution in [0.2, 0.25) is 0 Å². The van der Waals surface area contributed by atoms with Crippen LogP contribution < -0.4 is 10.5 Å². The first-order valence-electron chi connectivity index (χ1n) is 4.96. The van der Waals surface area contributed by atoms with Crippen LogP contribution in [0.25, 0.3) is 0 Å². The van der Waals surface area contributed by atoms with Gasteiger partial charge in [0.05, 0.1) is 6.20 Å². The highest BCUT2D eigenvalue weighted by Gasteiger charge is 2.08. The molecule has 17 heavy (non-hydrogen) atoms. The Morgan fingerprint density at radius 3 is 2.88 bits per heavy atom. The predicted octanol–water partition coefficient (Wildman–Crippen LogP) is 3.23. The second-order valence-electron chi connectivity index (χ2n) is 3.36. The van der Waals surface area contributed by atoms with E-state index in [9.17, 15) is 4.39 Å². The van der Waals surface area contributed by atoms with Crippen molar-refractivity contribution in [1.82, 2.24) is 4.98 Å². The van der Waals surface area contributed by atoms with Crippen LogP contribution in [0.5, 0.6) is 11.5 Å². The normalized spacial score (nSPS) is 10.3. The van der Waals surface area contributed by atoms with Gasteiger partial charge in [0.25, 0.3) is 0 Å². The van der Waals surface area contributed by atoms with Gasteiger partial charge in [0, 0.05) is 22.8 Å². The van der Waals surface area contributed by atoms with Gasteiger partial charge in [-0.25, -0.2) is 4.39 Å². The van der Waals surface area contributed by atoms with E-state index in [0.717, 1.165) is 10.0 Å². The standard InChI is InChI=1S/C12H10BrFN2O/c13-9-1-2-10(14)11(5-9)17-12-7-16-4-3-8(12)6-15/h1-5,7H,6,15H2. The fourth-order valence-electron chi connectivity index (χ4n) is 1.34. The van der Waals surface area contributed by atoms with E-state index in [2.05, 4.69) is 20.9 Å². The number of aromatic nitrogens is 1. The van der Waals surface area contributed by atoms with Gasteiger partial charge in [0.15, 0.2) is 11.6 Å². The average molecular weight is 297 g/mol. The van der Waals surface area contributed by atoms with E-state index >= 15 is 0 Å². The van der Waals surface area contributed by atoms with Gasteiger partial charge in [-0.3, -0.25) is 4.98 Å². The quantitative estimate of drug-likeness (QED) is 0.946. The predicted molar refractivity (Wildman–Crippen MR) is 66.3 cm³/mol. The molecule has 0 bridgehead atoms. The lowest BCUT2D eigenvalue weighted by Gasteiger charge is -2.10. The zero-order valence-corrected chi connectivity index (χ0v) is 10.4. The van der Waals surface area contributed by atoms with E-state index in [4.69, 9.17) is 10.5 Å². The summed E-state index contributed by atoms with van der Waals surface area (Å²) in [4.78, 5) is 3.93. The molecule has 1 aromatic carbocycles. The lowest BCUT2D eigenvalue weighted by molar-refractivity contribution is 0.435. The Hall–Kier alpha value is -1.46.